The Hall–Kier alpha value is -1.55. The fourth-order valence-corrected chi connectivity index (χ4v) is 2.96. The summed E-state index contributed by atoms with van der Waals surface area (Å²) in [4.78, 5) is 11.8. The summed E-state index contributed by atoms with van der Waals surface area (Å²) in [5, 5.41) is 0. The summed E-state index contributed by atoms with van der Waals surface area (Å²) in [5.41, 5.74) is 6.58. The molecule has 0 bridgehead atoms. The molecule has 2 atom stereocenters. The van der Waals surface area contributed by atoms with Crippen LogP contribution in [-0.2, 0) is 16.0 Å². The van der Waals surface area contributed by atoms with E-state index < -0.39 is 5.54 Å². The summed E-state index contributed by atoms with van der Waals surface area (Å²) in [7, 11) is 1.38. The first-order valence-corrected chi connectivity index (χ1v) is 7.70. The van der Waals surface area contributed by atoms with Gasteiger partial charge in [0.25, 0.3) is 0 Å². The van der Waals surface area contributed by atoms with E-state index in [9.17, 15) is 4.79 Å². The maximum absolute atomic E-state index is 11.8. The minimum Gasteiger partial charge on any atom is -0.490 e. The van der Waals surface area contributed by atoms with Gasteiger partial charge in [0.1, 0.15) is 17.4 Å². The largest absolute Gasteiger partial charge is 0.490 e. The SMILES string of the molecule is CCCc1ccc(OC2CCCC(N)(C(=O)OC)C2)cc1. The number of rotatable bonds is 5. The first-order valence-electron chi connectivity index (χ1n) is 7.70. The Morgan fingerprint density at radius 1 is 1.38 bits per heavy atom. The third-order valence-corrected chi connectivity index (χ3v) is 4.10. The van der Waals surface area contributed by atoms with Crippen LogP contribution in [0.4, 0.5) is 0 Å². The number of esters is 1. The van der Waals surface area contributed by atoms with Crippen LogP contribution in [0, 0.1) is 0 Å². The molecular formula is C17H25NO3. The van der Waals surface area contributed by atoms with E-state index in [1.807, 2.05) is 12.1 Å². The number of aryl methyl sites for hydroxylation is 1. The highest BCUT2D eigenvalue weighted by atomic mass is 16.5. The zero-order valence-corrected chi connectivity index (χ0v) is 12.9. The molecule has 1 aromatic carbocycles. The van der Waals surface area contributed by atoms with Gasteiger partial charge in [0.2, 0.25) is 0 Å². The van der Waals surface area contributed by atoms with E-state index in [0.29, 0.717) is 12.8 Å². The van der Waals surface area contributed by atoms with Crippen molar-refractivity contribution in [1.29, 1.82) is 0 Å². The van der Waals surface area contributed by atoms with Gasteiger partial charge in [-0.2, -0.15) is 0 Å². The maximum Gasteiger partial charge on any atom is 0.325 e. The molecule has 116 valence electrons. The number of nitrogens with two attached hydrogens (primary N) is 1. The topological polar surface area (TPSA) is 61.5 Å². The normalized spacial score (nSPS) is 25.4. The Morgan fingerprint density at radius 2 is 2.10 bits per heavy atom. The summed E-state index contributed by atoms with van der Waals surface area (Å²) in [6.45, 7) is 2.17. The Kier molecular flexibility index (Phi) is 5.23. The zero-order chi connectivity index (χ0) is 15.3. The summed E-state index contributed by atoms with van der Waals surface area (Å²) >= 11 is 0. The molecule has 21 heavy (non-hydrogen) atoms. The van der Waals surface area contributed by atoms with E-state index in [1.54, 1.807) is 0 Å². The number of carbonyl (C=O) groups is 1. The number of benzene rings is 1. The molecule has 4 heteroatoms. The molecule has 0 saturated heterocycles. The molecule has 0 aliphatic heterocycles. The van der Waals surface area contributed by atoms with Gasteiger partial charge >= 0.3 is 5.97 Å². The smallest absolute Gasteiger partial charge is 0.325 e. The number of ether oxygens (including phenoxy) is 2. The van der Waals surface area contributed by atoms with Crippen molar-refractivity contribution >= 4 is 5.97 Å². The van der Waals surface area contributed by atoms with Crippen LogP contribution in [0.1, 0.15) is 44.6 Å². The first kappa shape index (κ1) is 15.8. The summed E-state index contributed by atoms with van der Waals surface area (Å²) in [6, 6.07) is 8.18. The highest BCUT2D eigenvalue weighted by molar-refractivity contribution is 5.80. The van der Waals surface area contributed by atoms with Crippen molar-refractivity contribution in [2.75, 3.05) is 7.11 Å². The standard InChI is InChI=1S/C17H25NO3/c1-3-5-13-7-9-14(10-8-13)21-15-6-4-11-17(18,12-15)16(19)20-2/h7-10,15H,3-6,11-12,18H2,1-2H3. The van der Waals surface area contributed by atoms with Crippen LogP contribution < -0.4 is 10.5 Å². The second-order valence-corrected chi connectivity index (χ2v) is 5.88. The molecule has 0 heterocycles. The Morgan fingerprint density at radius 3 is 2.71 bits per heavy atom. The summed E-state index contributed by atoms with van der Waals surface area (Å²) < 4.78 is 10.8. The monoisotopic (exact) mass is 291 g/mol. The van der Waals surface area contributed by atoms with Crippen molar-refractivity contribution in [3.63, 3.8) is 0 Å². The lowest BCUT2D eigenvalue weighted by molar-refractivity contribution is -0.149. The lowest BCUT2D eigenvalue weighted by Gasteiger charge is -2.35. The molecule has 0 aromatic heterocycles. The van der Waals surface area contributed by atoms with Crippen molar-refractivity contribution in [3.05, 3.63) is 29.8 Å². The second kappa shape index (κ2) is 6.94. The van der Waals surface area contributed by atoms with Crippen molar-refractivity contribution in [2.24, 2.45) is 5.73 Å². The molecule has 1 fully saturated rings. The van der Waals surface area contributed by atoms with Crippen LogP contribution in [0.15, 0.2) is 24.3 Å². The quantitative estimate of drug-likeness (QED) is 0.847. The number of methoxy groups -OCH3 is 1. The molecule has 1 aliphatic carbocycles. The molecule has 4 nitrogen and oxygen atoms in total. The Labute approximate surface area is 126 Å². The highest BCUT2D eigenvalue weighted by Crippen LogP contribution is 2.30. The van der Waals surface area contributed by atoms with Gasteiger partial charge in [-0.15, -0.1) is 0 Å². The predicted molar refractivity (Wildman–Crippen MR) is 82.3 cm³/mol. The lowest BCUT2D eigenvalue weighted by Crippen LogP contribution is -2.53. The van der Waals surface area contributed by atoms with Crippen LogP contribution >= 0.6 is 0 Å². The van der Waals surface area contributed by atoms with Crippen molar-refractivity contribution in [1.82, 2.24) is 0 Å². The molecule has 0 radical (unpaired) electrons. The van der Waals surface area contributed by atoms with Gasteiger partial charge in [-0.25, -0.2) is 0 Å². The van der Waals surface area contributed by atoms with Crippen molar-refractivity contribution in [3.8, 4) is 5.75 Å². The van der Waals surface area contributed by atoms with Gasteiger partial charge in [0.15, 0.2) is 0 Å². The van der Waals surface area contributed by atoms with Crippen LogP contribution in [0.3, 0.4) is 0 Å². The van der Waals surface area contributed by atoms with Crippen molar-refractivity contribution in [2.45, 2.75) is 57.1 Å². The van der Waals surface area contributed by atoms with Crippen LogP contribution in [0.5, 0.6) is 5.75 Å². The fraction of sp³-hybridized carbons (Fsp3) is 0.588. The maximum atomic E-state index is 11.8. The average Bonchev–Trinajstić information content (AvgIpc) is 2.49. The fourth-order valence-electron chi connectivity index (χ4n) is 2.96. The van der Waals surface area contributed by atoms with E-state index in [4.69, 9.17) is 15.2 Å². The van der Waals surface area contributed by atoms with E-state index >= 15 is 0 Å². The number of hydrogen-bond acceptors (Lipinski definition) is 4. The van der Waals surface area contributed by atoms with Gasteiger partial charge < -0.3 is 15.2 Å². The van der Waals surface area contributed by atoms with Crippen LogP contribution in [-0.4, -0.2) is 24.7 Å². The molecule has 0 spiro atoms. The molecule has 1 aliphatic rings. The Bertz CT molecular complexity index is 471. The van der Waals surface area contributed by atoms with Crippen LogP contribution in [0.2, 0.25) is 0 Å². The molecule has 1 aromatic rings. The van der Waals surface area contributed by atoms with Crippen molar-refractivity contribution < 1.29 is 14.3 Å². The van der Waals surface area contributed by atoms with Gasteiger partial charge in [-0.05, 0) is 43.4 Å². The average molecular weight is 291 g/mol. The van der Waals surface area contributed by atoms with Crippen LogP contribution in [0.25, 0.3) is 0 Å². The third kappa shape index (κ3) is 3.97. The lowest BCUT2D eigenvalue weighted by atomic mass is 9.81. The van der Waals surface area contributed by atoms with Gasteiger partial charge in [0, 0.05) is 6.42 Å². The molecule has 2 rings (SSSR count). The molecule has 2 N–H and O–H groups in total. The molecule has 0 amide bonds. The second-order valence-electron chi connectivity index (χ2n) is 5.88. The third-order valence-electron chi connectivity index (χ3n) is 4.10. The van der Waals surface area contributed by atoms with Gasteiger partial charge in [-0.3, -0.25) is 4.79 Å². The first-order chi connectivity index (χ1) is 10.1. The molecular weight excluding hydrogens is 266 g/mol. The van der Waals surface area contributed by atoms with E-state index in [2.05, 4.69) is 19.1 Å². The van der Waals surface area contributed by atoms with E-state index in [0.717, 1.165) is 31.4 Å². The van der Waals surface area contributed by atoms with Gasteiger partial charge in [0.05, 0.1) is 7.11 Å². The molecule has 1 saturated carbocycles. The minimum absolute atomic E-state index is 0.0279. The summed E-state index contributed by atoms with van der Waals surface area (Å²) in [5.74, 6) is 0.503. The van der Waals surface area contributed by atoms with E-state index in [1.165, 1.54) is 12.7 Å². The predicted octanol–water partition coefficient (Wildman–Crippen LogP) is 2.83. The van der Waals surface area contributed by atoms with E-state index in [-0.39, 0.29) is 12.1 Å². The molecule has 2 unspecified atom stereocenters. The highest BCUT2D eigenvalue weighted by Gasteiger charge is 2.41. The van der Waals surface area contributed by atoms with Gasteiger partial charge in [-0.1, -0.05) is 25.5 Å². The minimum atomic E-state index is -0.903. The summed E-state index contributed by atoms with van der Waals surface area (Å²) in [6.07, 6.45) is 5.16. The Balaban J connectivity index is 1.97. The zero-order valence-electron chi connectivity index (χ0n) is 12.9. The number of carbonyl (C=O) groups excluding carboxylic acids is 1. The number of hydrogen-bond donors (Lipinski definition) is 1.